The molecular weight excluding hydrogens is 274 g/mol. The van der Waals surface area contributed by atoms with Crippen LogP contribution in [0.15, 0.2) is 0 Å². The van der Waals surface area contributed by atoms with E-state index in [1.807, 2.05) is 0 Å². The molecule has 2 aliphatic carbocycles. The molecule has 0 aromatic carbocycles. The van der Waals surface area contributed by atoms with Gasteiger partial charge >= 0.3 is 0 Å². The lowest BCUT2D eigenvalue weighted by Gasteiger charge is -2.32. The third kappa shape index (κ3) is 3.82. The maximum atomic E-state index is 12.6. The SMILES string of the molecule is CS(=O)(=O)C1CCCC(C(=O)C2CCC(CN)CC2)C1. The van der Waals surface area contributed by atoms with Crippen LogP contribution in [0.1, 0.15) is 51.4 Å². The van der Waals surface area contributed by atoms with E-state index < -0.39 is 9.84 Å². The second-order valence-corrected chi connectivity index (χ2v) is 9.00. The molecule has 0 heterocycles. The Kier molecular flexibility index (Phi) is 5.24. The number of sulfone groups is 1. The van der Waals surface area contributed by atoms with Crippen LogP contribution in [0.4, 0.5) is 0 Å². The normalized spacial score (nSPS) is 35.7. The second kappa shape index (κ2) is 6.56. The van der Waals surface area contributed by atoms with E-state index in [9.17, 15) is 13.2 Å². The molecule has 2 saturated carbocycles. The van der Waals surface area contributed by atoms with Gasteiger partial charge in [0.2, 0.25) is 0 Å². The van der Waals surface area contributed by atoms with Gasteiger partial charge in [0.1, 0.15) is 15.6 Å². The van der Waals surface area contributed by atoms with Crippen LogP contribution >= 0.6 is 0 Å². The highest BCUT2D eigenvalue weighted by molar-refractivity contribution is 7.91. The third-order valence-electron chi connectivity index (χ3n) is 5.22. The van der Waals surface area contributed by atoms with Gasteiger partial charge in [0.25, 0.3) is 0 Å². The predicted molar refractivity (Wildman–Crippen MR) is 80.1 cm³/mol. The first-order valence-electron chi connectivity index (χ1n) is 7.84. The van der Waals surface area contributed by atoms with Gasteiger partial charge in [-0.1, -0.05) is 6.42 Å². The summed E-state index contributed by atoms with van der Waals surface area (Å²) in [6.07, 6.45) is 8.31. The Morgan fingerprint density at radius 1 is 1.05 bits per heavy atom. The molecule has 2 fully saturated rings. The molecule has 2 rings (SSSR count). The van der Waals surface area contributed by atoms with E-state index in [-0.39, 0.29) is 17.1 Å². The zero-order valence-electron chi connectivity index (χ0n) is 12.4. The number of Topliss-reactive ketones (excluding diaryl/α,β-unsaturated/α-hetero) is 1. The summed E-state index contributed by atoms with van der Waals surface area (Å²) in [4.78, 5) is 12.6. The van der Waals surface area contributed by atoms with Crippen LogP contribution in [0.5, 0.6) is 0 Å². The maximum absolute atomic E-state index is 12.6. The van der Waals surface area contributed by atoms with Crippen LogP contribution < -0.4 is 5.73 Å². The lowest BCUT2D eigenvalue weighted by molar-refractivity contribution is -0.128. The number of nitrogens with two attached hydrogens (primary N) is 1. The molecular formula is C15H27NO3S. The van der Waals surface area contributed by atoms with Crippen LogP contribution in [0.25, 0.3) is 0 Å². The Hall–Kier alpha value is -0.420. The summed E-state index contributed by atoms with van der Waals surface area (Å²) in [6, 6.07) is 0. The summed E-state index contributed by atoms with van der Waals surface area (Å²) in [6.45, 7) is 0.723. The average molecular weight is 301 g/mol. The molecule has 5 heteroatoms. The molecule has 2 atom stereocenters. The molecule has 116 valence electrons. The van der Waals surface area contributed by atoms with E-state index in [0.29, 0.717) is 18.1 Å². The van der Waals surface area contributed by atoms with Crippen LogP contribution in [0.3, 0.4) is 0 Å². The minimum absolute atomic E-state index is 0.0251. The summed E-state index contributed by atoms with van der Waals surface area (Å²) < 4.78 is 23.4. The van der Waals surface area contributed by atoms with Gasteiger partial charge < -0.3 is 5.73 Å². The summed E-state index contributed by atoms with van der Waals surface area (Å²) in [7, 11) is -3.00. The van der Waals surface area contributed by atoms with Crippen molar-refractivity contribution in [2.45, 2.75) is 56.6 Å². The number of carbonyl (C=O) groups excluding carboxylic acids is 1. The van der Waals surface area contributed by atoms with E-state index in [2.05, 4.69) is 0 Å². The van der Waals surface area contributed by atoms with Gasteiger partial charge in [0.15, 0.2) is 0 Å². The minimum Gasteiger partial charge on any atom is -0.330 e. The summed E-state index contributed by atoms with van der Waals surface area (Å²) in [5.74, 6) is 1.03. The molecule has 20 heavy (non-hydrogen) atoms. The quantitative estimate of drug-likeness (QED) is 0.860. The molecule has 2 aliphatic rings. The molecule has 0 aromatic rings. The van der Waals surface area contributed by atoms with Crippen molar-refractivity contribution in [1.29, 1.82) is 0 Å². The van der Waals surface area contributed by atoms with Crippen molar-refractivity contribution in [3.8, 4) is 0 Å². The van der Waals surface area contributed by atoms with Crippen LogP contribution in [0, 0.1) is 17.8 Å². The van der Waals surface area contributed by atoms with Crippen LogP contribution in [0.2, 0.25) is 0 Å². The molecule has 0 bridgehead atoms. The molecule has 0 aliphatic heterocycles. The predicted octanol–water partition coefficient (Wildman–Crippen LogP) is 1.92. The van der Waals surface area contributed by atoms with Gasteiger partial charge in [0, 0.05) is 18.1 Å². The maximum Gasteiger partial charge on any atom is 0.150 e. The number of rotatable bonds is 4. The Morgan fingerprint density at radius 3 is 2.25 bits per heavy atom. The molecule has 0 spiro atoms. The number of hydrogen-bond acceptors (Lipinski definition) is 4. The topological polar surface area (TPSA) is 77.2 Å². The first-order valence-corrected chi connectivity index (χ1v) is 9.80. The standard InChI is InChI=1S/C15H27NO3S/c1-20(18,19)14-4-2-3-13(9-14)15(17)12-7-5-11(10-16)6-8-12/h11-14H,2-10,16H2,1H3. The van der Waals surface area contributed by atoms with E-state index >= 15 is 0 Å². The van der Waals surface area contributed by atoms with Crippen molar-refractivity contribution in [2.24, 2.45) is 23.5 Å². The molecule has 2 unspecified atom stereocenters. The Balaban J connectivity index is 1.92. The smallest absolute Gasteiger partial charge is 0.150 e. The highest BCUT2D eigenvalue weighted by Crippen LogP contribution is 2.35. The number of ketones is 1. The minimum atomic E-state index is -3.00. The van der Waals surface area contributed by atoms with Crippen molar-refractivity contribution in [3.05, 3.63) is 0 Å². The summed E-state index contributed by atoms with van der Waals surface area (Å²) in [5.41, 5.74) is 5.68. The number of carbonyl (C=O) groups is 1. The Labute approximate surface area is 122 Å². The average Bonchev–Trinajstić information content (AvgIpc) is 2.46. The fourth-order valence-electron chi connectivity index (χ4n) is 3.81. The zero-order chi connectivity index (χ0) is 14.8. The van der Waals surface area contributed by atoms with Crippen molar-refractivity contribution in [1.82, 2.24) is 0 Å². The molecule has 0 saturated heterocycles. The van der Waals surface area contributed by atoms with Gasteiger partial charge in [0.05, 0.1) is 5.25 Å². The van der Waals surface area contributed by atoms with Crippen molar-refractivity contribution >= 4 is 15.6 Å². The van der Waals surface area contributed by atoms with Crippen molar-refractivity contribution < 1.29 is 13.2 Å². The van der Waals surface area contributed by atoms with E-state index in [1.165, 1.54) is 6.26 Å². The third-order valence-corrected chi connectivity index (χ3v) is 6.86. The Bertz CT molecular complexity index is 438. The molecule has 0 aromatic heterocycles. The van der Waals surface area contributed by atoms with Crippen LogP contribution in [-0.4, -0.2) is 32.3 Å². The van der Waals surface area contributed by atoms with E-state index in [4.69, 9.17) is 5.73 Å². The van der Waals surface area contributed by atoms with Crippen molar-refractivity contribution in [2.75, 3.05) is 12.8 Å². The molecule has 0 amide bonds. The fourth-order valence-corrected chi connectivity index (χ4v) is 4.98. The van der Waals surface area contributed by atoms with Crippen LogP contribution in [-0.2, 0) is 14.6 Å². The molecule has 0 radical (unpaired) electrons. The highest BCUT2D eigenvalue weighted by Gasteiger charge is 2.36. The monoisotopic (exact) mass is 301 g/mol. The number of hydrogen-bond donors (Lipinski definition) is 1. The zero-order valence-corrected chi connectivity index (χ0v) is 13.2. The highest BCUT2D eigenvalue weighted by atomic mass is 32.2. The van der Waals surface area contributed by atoms with E-state index in [0.717, 1.165) is 51.5 Å². The van der Waals surface area contributed by atoms with Gasteiger partial charge in [-0.25, -0.2) is 8.42 Å². The Morgan fingerprint density at radius 2 is 1.70 bits per heavy atom. The fraction of sp³-hybridized carbons (Fsp3) is 0.933. The van der Waals surface area contributed by atoms with Gasteiger partial charge in [-0.3, -0.25) is 4.79 Å². The second-order valence-electron chi connectivity index (χ2n) is 6.67. The lowest BCUT2D eigenvalue weighted by atomic mass is 9.74. The van der Waals surface area contributed by atoms with E-state index in [1.54, 1.807) is 0 Å². The van der Waals surface area contributed by atoms with Gasteiger partial charge in [-0.15, -0.1) is 0 Å². The molecule has 4 nitrogen and oxygen atoms in total. The summed E-state index contributed by atoms with van der Waals surface area (Å²) in [5, 5.41) is -0.300. The first kappa shape index (κ1) is 16.0. The lowest BCUT2D eigenvalue weighted by Crippen LogP contribution is -2.35. The molecule has 2 N–H and O–H groups in total. The van der Waals surface area contributed by atoms with Crippen molar-refractivity contribution in [3.63, 3.8) is 0 Å². The van der Waals surface area contributed by atoms with Gasteiger partial charge in [-0.05, 0) is 57.4 Å². The first-order chi connectivity index (χ1) is 9.41. The summed E-state index contributed by atoms with van der Waals surface area (Å²) >= 11 is 0. The largest absolute Gasteiger partial charge is 0.330 e. The van der Waals surface area contributed by atoms with Gasteiger partial charge in [-0.2, -0.15) is 0 Å².